The Balaban J connectivity index is 1.34. The first-order valence-electron chi connectivity index (χ1n) is 11.4. The number of ether oxygens (including phenoxy) is 1. The third-order valence-electron chi connectivity index (χ3n) is 6.81. The summed E-state index contributed by atoms with van der Waals surface area (Å²) in [6.07, 6.45) is 3.85. The maximum atomic E-state index is 13.7. The van der Waals surface area contributed by atoms with Crippen molar-refractivity contribution in [3.8, 4) is 5.75 Å². The zero-order valence-corrected chi connectivity index (χ0v) is 19.5. The summed E-state index contributed by atoms with van der Waals surface area (Å²) >= 11 is 0. The first-order chi connectivity index (χ1) is 16.4. The second-order valence-corrected chi connectivity index (χ2v) is 10.9. The van der Waals surface area contributed by atoms with E-state index in [2.05, 4.69) is 10.1 Å². The van der Waals surface area contributed by atoms with E-state index < -0.39 is 10.0 Å². The molecule has 1 aliphatic carbocycles. The topological polar surface area (TPSA) is 106 Å². The molecule has 176 valence electrons. The number of para-hydroxylation sites is 1. The van der Waals surface area contributed by atoms with Crippen LogP contribution < -0.4 is 13.9 Å². The van der Waals surface area contributed by atoms with Crippen molar-refractivity contribution in [2.24, 2.45) is 0 Å². The molecule has 6 rings (SSSR count). The summed E-state index contributed by atoms with van der Waals surface area (Å²) in [6, 6.07) is 11.9. The van der Waals surface area contributed by atoms with Crippen molar-refractivity contribution in [2.45, 2.75) is 56.0 Å². The molecule has 2 aliphatic heterocycles. The maximum absolute atomic E-state index is 13.7. The molecule has 1 aromatic heterocycles. The lowest BCUT2D eigenvalue weighted by atomic mass is 9.85. The molecule has 0 radical (unpaired) electrons. The predicted octanol–water partition coefficient (Wildman–Crippen LogP) is 3.40. The van der Waals surface area contributed by atoms with Crippen LogP contribution in [0.3, 0.4) is 0 Å². The van der Waals surface area contributed by atoms with Crippen LogP contribution in [0.4, 0.5) is 11.4 Å². The smallest absolute Gasteiger partial charge is 0.265 e. The van der Waals surface area contributed by atoms with E-state index in [-0.39, 0.29) is 35.9 Å². The Morgan fingerprint density at radius 3 is 2.74 bits per heavy atom. The van der Waals surface area contributed by atoms with Gasteiger partial charge in [0.05, 0.1) is 22.8 Å². The molecule has 1 fully saturated rings. The van der Waals surface area contributed by atoms with Crippen molar-refractivity contribution in [1.82, 2.24) is 10.1 Å². The predicted molar refractivity (Wildman–Crippen MR) is 123 cm³/mol. The van der Waals surface area contributed by atoms with E-state index in [0.29, 0.717) is 35.3 Å². The van der Waals surface area contributed by atoms with Gasteiger partial charge >= 0.3 is 0 Å². The summed E-state index contributed by atoms with van der Waals surface area (Å²) in [4.78, 5) is 18.8. The molecule has 0 bridgehead atoms. The van der Waals surface area contributed by atoms with E-state index in [1.165, 1.54) is 21.3 Å². The minimum Gasteiger partial charge on any atom is -0.482 e. The van der Waals surface area contributed by atoms with Crippen molar-refractivity contribution < 1.29 is 22.5 Å². The Kier molecular flexibility index (Phi) is 4.87. The number of amides is 1. The van der Waals surface area contributed by atoms with Crippen molar-refractivity contribution >= 4 is 27.3 Å². The molecule has 10 heteroatoms. The molecule has 1 amide bonds. The first kappa shape index (κ1) is 21.2. The molecule has 0 spiro atoms. The van der Waals surface area contributed by atoms with Gasteiger partial charge in [-0.05, 0) is 56.0 Å². The van der Waals surface area contributed by atoms with Gasteiger partial charge in [-0.15, -0.1) is 0 Å². The Morgan fingerprint density at radius 1 is 1.12 bits per heavy atom. The molecule has 0 saturated heterocycles. The summed E-state index contributed by atoms with van der Waals surface area (Å²) in [5.41, 5.74) is 2.07. The molecule has 3 aliphatic rings. The van der Waals surface area contributed by atoms with E-state index >= 15 is 0 Å². The Hall–Kier alpha value is -3.40. The maximum Gasteiger partial charge on any atom is 0.265 e. The van der Waals surface area contributed by atoms with Crippen LogP contribution in [0.5, 0.6) is 5.75 Å². The molecule has 1 unspecified atom stereocenters. The molecule has 2 aromatic carbocycles. The number of fused-ring (bicyclic) bond motifs is 2. The number of benzene rings is 2. The highest BCUT2D eigenvalue weighted by atomic mass is 32.2. The number of anilines is 2. The monoisotopic (exact) mass is 480 g/mol. The van der Waals surface area contributed by atoms with E-state index in [0.717, 1.165) is 24.8 Å². The molecule has 34 heavy (non-hydrogen) atoms. The fourth-order valence-corrected chi connectivity index (χ4v) is 6.54. The molecule has 9 nitrogen and oxygen atoms in total. The van der Waals surface area contributed by atoms with Gasteiger partial charge in [0.1, 0.15) is 5.75 Å². The zero-order valence-electron chi connectivity index (χ0n) is 18.7. The molecule has 3 aromatic rings. The molecule has 1 saturated carbocycles. The Bertz CT molecular complexity index is 1380. The fourth-order valence-electron chi connectivity index (χ4n) is 4.83. The van der Waals surface area contributed by atoms with Crippen molar-refractivity contribution in [3.05, 3.63) is 59.7 Å². The lowest BCUT2D eigenvalue weighted by Gasteiger charge is -2.30. The molecular weight excluding hydrogens is 456 g/mol. The summed E-state index contributed by atoms with van der Waals surface area (Å²) < 4.78 is 39.8. The highest BCUT2D eigenvalue weighted by molar-refractivity contribution is 7.92. The number of carbonyl (C=O) groups excluding carboxylic acids is 1. The van der Waals surface area contributed by atoms with Crippen LogP contribution in [0.2, 0.25) is 0 Å². The summed E-state index contributed by atoms with van der Waals surface area (Å²) in [7, 11) is -3.86. The minimum absolute atomic E-state index is 0.0812. The van der Waals surface area contributed by atoms with Crippen LogP contribution >= 0.6 is 0 Å². The lowest BCUT2D eigenvalue weighted by Crippen LogP contribution is -2.39. The number of nitrogens with zero attached hydrogens (tertiary/aromatic N) is 4. The molecule has 3 heterocycles. The van der Waals surface area contributed by atoms with Crippen molar-refractivity contribution in [1.29, 1.82) is 0 Å². The Labute approximate surface area is 197 Å². The van der Waals surface area contributed by atoms with E-state index in [1.54, 1.807) is 6.07 Å². The van der Waals surface area contributed by atoms with Gasteiger partial charge in [-0.3, -0.25) is 14.0 Å². The van der Waals surface area contributed by atoms with E-state index in [4.69, 9.17) is 9.26 Å². The zero-order chi connectivity index (χ0) is 23.4. The number of hydrogen-bond donors (Lipinski definition) is 0. The standard InChI is InChI=1S/C24H24N4O5S/c1-15-11-17-5-2-3-8-19(17)28(15)34(30,31)18-9-10-21-20(12-18)27(23(29)14-32-21)13-22-25-24(33-26-22)16-6-4-7-16/h2-3,5,8-10,12,15-16H,4,6-7,11,13-14H2,1H3. The molecular formula is C24H24N4O5S. The number of rotatable bonds is 5. The van der Waals surface area contributed by atoms with Crippen LogP contribution in [-0.2, 0) is 27.8 Å². The van der Waals surface area contributed by atoms with Crippen molar-refractivity contribution in [2.75, 3.05) is 15.8 Å². The minimum atomic E-state index is -3.86. The summed E-state index contributed by atoms with van der Waals surface area (Å²) in [6.45, 7) is 1.84. The molecule has 0 N–H and O–H groups in total. The van der Waals surface area contributed by atoms with Crippen molar-refractivity contribution in [3.63, 3.8) is 0 Å². The van der Waals surface area contributed by atoms with Gasteiger partial charge in [-0.1, -0.05) is 29.8 Å². The number of carbonyl (C=O) groups is 1. The first-order valence-corrected chi connectivity index (χ1v) is 12.9. The van der Waals surface area contributed by atoms with Gasteiger partial charge in [0, 0.05) is 12.0 Å². The van der Waals surface area contributed by atoms with Crippen LogP contribution in [0.15, 0.2) is 51.9 Å². The third kappa shape index (κ3) is 3.35. The van der Waals surface area contributed by atoms with Gasteiger partial charge < -0.3 is 9.26 Å². The highest BCUT2D eigenvalue weighted by Gasteiger charge is 2.37. The fraction of sp³-hybridized carbons (Fsp3) is 0.375. The second kappa shape index (κ2) is 7.83. The van der Waals surface area contributed by atoms with E-state index in [9.17, 15) is 13.2 Å². The van der Waals surface area contributed by atoms with E-state index in [1.807, 2.05) is 31.2 Å². The summed E-state index contributed by atoms with van der Waals surface area (Å²) in [5.74, 6) is 1.42. The number of aromatic nitrogens is 2. The average Bonchev–Trinajstić information content (AvgIpc) is 3.37. The van der Waals surface area contributed by atoms with Crippen LogP contribution in [0.1, 0.15) is 49.4 Å². The average molecular weight is 481 g/mol. The van der Waals surface area contributed by atoms with Gasteiger partial charge in [0.2, 0.25) is 5.89 Å². The quantitative estimate of drug-likeness (QED) is 0.551. The Morgan fingerprint density at radius 2 is 1.94 bits per heavy atom. The second-order valence-electron chi connectivity index (χ2n) is 9.06. The largest absolute Gasteiger partial charge is 0.482 e. The van der Waals surface area contributed by atoms with Crippen LogP contribution in [0.25, 0.3) is 0 Å². The SMILES string of the molecule is CC1Cc2ccccc2N1S(=O)(=O)c1ccc2c(c1)N(Cc1noc(C3CCC3)n1)C(=O)CO2. The van der Waals surface area contributed by atoms with Crippen LogP contribution in [0, 0.1) is 0 Å². The number of hydrogen-bond acceptors (Lipinski definition) is 7. The van der Waals surface area contributed by atoms with Gasteiger partial charge in [-0.25, -0.2) is 8.42 Å². The van der Waals surface area contributed by atoms with Gasteiger partial charge in [0.25, 0.3) is 15.9 Å². The normalized spacial score (nSPS) is 20.0. The van der Waals surface area contributed by atoms with Gasteiger partial charge in [0.15, 0.2) is 12.4 Å². The van der Waals surface area contributed by atoms with Gasteiger partial charge in [-0.2, -0.15) is 4.98 Å². The third-order valence-corrected chi connectivity index (χ3v) is 8.74. The number of sulfonamides is 1. The molecule has 1 atom stereocenters. The highest BCUT2D eigenvalue weighted by Crippen LogP contribution is 2.40. The summed E-state index contributed by atoms with van der Waals surface area (Å²) in [5, 5.41) is 4.04. The van der Waals surface area contributed by atoms with Crippen LogP contribution in [-0.4, -0.2) is 37.1 Å². The lowest BCUT2D eigenvalue weighted by molar-refractivity contribution is -0.121.